The van der Waals surface area contributed by atoms with Gasteiger partial charge in [0, 0.05) is 17.3 Å². The second kappa shape index (κ2) is 6.37. The van der Waals surface area contributed by atoms with E-state index >= 15 is 0 Å². The molecule has 110 valence electrons. The smallest absolute Gasteiger partial charge is 0.311 e. The number of carbonyl (C=O) groups excluding carboxylic acids is 1. The SMILES string of the molecule is COc1ccc(C(=O)Nc2ccc(C#N)cc2)cc1[N+](=O)[O-]. The molecular formula is C15H11N3O4. The molecule has 7 heteroatoms. The number of nitro benzene ring substituents is 1. The fraction of sp³-hybridized carbons (Fsp3) is 0.0667. The standard InChI is InChI=1S/C15H11N3O4/c1-22-14-7-4-11(8-13(14)18(20)21)15(19)17-12-5-2-10(9-16)3-6-12/h2-8H,1H3,(H,17,19). The van der Waals surface area contributed by atoms with Gasteiger partial charge in [0.15, 0.2) is 5.75 Å². The number of carbonyl (C=O) groups is 1. The van der Waals surface area contributed by atoms with Crippen molar-refractivity contribution in [2.75, 3.05) is 12.4 Å². The maximum atomic E-state index is 12.1. The highest BCUT2D eigenvalue weighted by Gasteiger charge is 2.18. The van der Waals surface area contributed by atoms with Gasteiger partial charge in [-0.25, -0.2) is 0 Å². The van der Waals surface area contributed by atoms with Crippen molar-refractivity contribution in [2.45, 2.75) is 0 Å². The van der Waals surface area contributed by atoms with Crippen LogP contribution in [0, 0.1) is 21.4 Å². The molecule has 0 heterocycles. The van der Waals surface area contributed by atoms with Crippen molar-refractivity contribution >= 4 is 17.3 Å². The van der Waals surface area contributed by atoms with Crippen LogP contribution in [-0.2, 0) is 0 Å². The molecule has 1 N–H and O–H groups in total. The molecule has 0 aliphatic carbocycles. The van der Waals surface area contributed by atoms with Crippen LogP contribution in [0.4, 0.5) is 11.4 Å². The quantitative estimate of drug-likeness (QED) is 0.690. The van der Waals surface area contributed by atoms with Gasteiger partial charge in [0.05, 0.1) is 23.7 Å². The Bertz CT molecular complexity index is 763. The largest absolute Gasteiger partial charge is 0.490 e. The maximum Gasteiger partial charge on any atom is 0.311 e. The topological polar surface area (TPSA) is 105 Å². The van der Waals surface area contributed by atoms with Crippen LogP contribution in [-0.4, -0.2) is 17.9 Å². The zero-order valence-corrected chi connectivity index (χ0v) is 11.6. The van der Waals surface area contributed by atoms with Gasteiger partial charge in [-0.15, -0.1) is 0 Å². The van der Waals surface area contributed by atoms with Crippen molar-refractivity contribution < 1.29 is 14.5 Å². The van der Waals surface area contributed by atoms with Crippen LogP contribution in [0.5, 0.6) is 5.75 Å². The molecule has 0 aliphatic heterocycles. The molecule has 0 saturated heterocycles. The molecular weight excluding hydrogens is 286 g/mol. The second-order valence-electron chi connectivity index (χ2n) is 4.29. The van der Waals surface area contributed by atoms with Crippen molar-refractivity contribution in [3.05, 3.63) is 63.7 Å². The molecule has 7 nitrogen and oxygen atoms in total. The summed E-state index contributed by atoms with van der Waals surface area (Å²) in [6.45, 7) is 0. The van der Waals surface area contributed by atoms with Gasteiger partial charge in [-0.2, -0.15) is 5.26 Å². The van der Waals surface area contributed by atoms with Gasteiger partial charge < -0.3 is 10.1 Å². The van der Waals surface area contributed by atoms with Crippen LogP contribution in [0.3, 0.4) is 0 Å². The summed E-state index contributed by atoms with van der Waals surface area (Å²) in [5, 5.41) is 22.3. The monoisotopic (exact) mass is 297 g/mol. The van der Waals surface area contributed by atoms with E-state index in [0.717, 1.165) is 6.07 Å². The van der Waals surface area contributed by atoms with E-state index in [2.05, 4.69) is 5.32 Å². The third-order valence-corrected chi connectivity index (χ3v) is 2.91. The summed E-state index contributed by atoms with van der Waals surface area (Å²) in [6, 6.07) is 12.2. The van der Waals surface area contributed by atoms with Crippen LogP contribution in [0.1, 0.15) is 15.9 Å². The van der Waals surface area contributed by atoms with E-state index in [9.17, 15) is 14.9 Å². The molecule has 22 heavy (non-hydrogen) atoms. The molecule has 0 bridgehead atoms. The first-order valence-corrected chi connectivity index (χ1v) is 6.19. The van der Waals surface area contributed by atoms with Crippen LogP contribution in [0.15, 0.2) is 42.5 Å². The van der Waals surface area contributed by atoms with Crippen LogP contribution >= 0.6 is 0 Å². The highest BCUT2D eigenvalue weighted by atomic mass is 16.6. The van der Waals surface area contributed by atoms with Gasteiger partial charge >= 0.3 is 5.69 Å². The van der Waals surface area contributed by atoms with E-state index in [1.807, 2.05) is 6.07 Å². The number of nitro groups is 1. The lowest BCUT2D eigenvalue weighted by atomic mass is 10.1. The zero-order chi connectivity index (χ0) is 16.1. The van der Waals surface area contributed by atoms with E-state index in [-0.39, 0.29) is 17.0 Å². The van der Waals surface area contributed by atoms with Gasteiger partial charge in [-0.3, -0.25) is 14.9 Å². The highest BCUT2D eigenvalue weighted by molar-refractivity contribution is 6.04. The Hall–Kier alpha value is -3.40. The molecule has 0 atom stereocenters. The Morgan fingerprint density at radius 1 is 1.27 bits per heavy atom. The minimum Gasteiger partial charge on any atom is -0.490 e. The number of nitrogens with one attached hydrogen (secondary N) is 1. The predicted molar refractivity (Wildman–Crippen MR) is 78.8 cm³/mol. The van der Waals surface area contributed by atoms with Crippen LogP contribution in [0.2, 0.25) is 0 Å². The molecule has 0 unspecified atom stereocenters. The minimum atomic E-state index is -0.614. The molecule has 0 spiro atoms. The number of ether oxygens (including phenoxy) is 1. The lowest BCUT2D eigenvalue weighted by molar-refractivity contribution is -0.385. The Labute approximate surface area is 125 Å². The lowest BCUT2D eigenvalue weighted by Crippen LogP contribution is -2.12. The molecule has 1 amide bonds. The fourth-order valence-corrected chi connectivity index (χ4v) is 1.81. The summed E-state index contributed by atoms with van der Waals surface area (Å²) in [7, 11) is 1.32. The first-order chi connectivity index (χ1) is 10.5. The average molecular weight is 297 g/mol. The number of hydrogen-bond donors (Lipinski definition) is 1. The number of methoxy groups -OCH3 is 1. The fourth-order valence-electron chi connectivity index (χ4n) is 1.81. The van der Waals surface area contributed by atoms with E-state index < -0.39 is 10.8 Å². The number of anilines is 1. The summed E-state index contributed by atoms with van der Waals surface area (Å²) < 4.78 is 4.88. The summed E-state index contributed by atoms with van der Waals surface area (Å²) in [4.78, 5) is 22.4. The van der Waals surface area contributed by atoms with Crippen LogP contribution < -0.4 is 10.1 Å². The number of hydrogen-bond acceptors (Lipinski definition) is 5. The van der Waals surface area contributed by atoms with Crippen molar-refractivity contribution in [3.8, 4) is 11.8 Å². The van der Waals surface area contributed by atoms with E-state index in [1.165, 1.54) is 19.2 Å². The maximum absolute atomic E-state index is 12.1. The Morgan fingerprint density at radius 3 is 2.50 bits per heavy atom. The van der Waals surface area contributed by atoms with Crippen molar-refractivity contribution in [1.29, 1.82) is 5.26 Å². The Kier molecular flexibility index (Phi) is 4.34. The zero-order valence-electron chi connectivity index (χ0n) is 11.6. The van der Waals surface area contributed by atoms with Gasteiger partial charge in [0.25, 0.3) is 5.91 Å². The van der Waals surface area contributed by atoms with E-state index in [4.69, 9.17) is 10.00 Å². The third-order valence-electron chi connectivity index (χ3n) is 2.91. The number of nitrogens with zero attached hydrogens (tertiary/aromatic N) is 2. The number of benzene rings is 2. The van der Waals surface area contributed by atoms with Gasteiger partial charge in [0.1, 0.15) is 0 Å². The van der Waals surface area contributed by atoms with Crippen molar-refractivity contribution in [2.24, 2.45) is 0 Å². The predicted octanol–water partition coefficient (Wildman–Crippen LogP) is 2.73. The molecule has 2 rings (SSSR count). The van der Waals surface area contributed by atoms with E-state index in [0.29, 0.717) is 11.3 Å². The second-order valence-corrected chi connectivity index (χ2v) is 4.29. The first kappa shape index (κ1) is 15.0. The number of amides is 1. The van der Waals surface area contributed by atoms with Crippen LogP contribution in [0.25, 0.3) is 0 Å². The average Bonchev–Trinajstić information content (AvgIpc) is 2.54. The lowest BCUT2D eigenvalue weighted by Gasteiger charge is -2.07. The normalized spacial score (nSPS) is 9.64. The van der Waals surface area contributed by atoms with Gasteiger partial charge in [0.2, 0.25) is 0 Å². The number of nitriles is 1. The molecule has 0 fully saturated rings. The van der Waals surface area contributed by atoms with Crippen molar-refractivity contribution in [3.63, 3.8) is 0 Å². The van der Waals surface area contributed by atoms with Crippen molar-refractivity contribution in [1.82, 2.24) is 0 Å². The highest BCUT2D eigenvalue weighted by Crippen LogP contribution is 2.27. The van der Waals surface area contributed by atoms with Gasteiger partial charge in [-0.05, 0) is 36.4 Å². The Morgan fingerprint density at radius 2 is 1.95 bits per heavy atom. The molecule has 2 aromatic carbocycles. The minimum absolute atomic E-state index is 0.0833. The summed E-state index contributed by atoms with van der Waals surface area (Å²) in [5.74, 6) is -0.407. The number of rotatable bonds is 4. The third kappa shape index (κ3) is 3.19. The van der Waals surface area contributed by atoms with Gasteiger partial charge in [-0.1, -0.05) is 0 Å². The molecule has 0 saturated carbocycles. The Balaban J connectivity index is 2.23. The molecule has 0 aromatic heterocycles. The molecule has 0 aliphatic rings. The first-order valence-electron chi connectivity index (χ1n) is 6.19. The molecule has 0 radical (unpaired) electrons. The summed E-state index contributed by atoms with van der Waals surface area (Å²) in [5.41, 5.74) is 0.812. The summed E-state index contributed by atoms with van der Waals surface area (Å²) >= 11 is 0. The summed E-state index contributed by atoms with van der Waals surface area (Å²) in [6.07, 6.45) is 0. The molecule has 2 aromatic rings. The van der Waals surface area contributed by atoms with E-state index in [1.54, 1.807) is 24.3 Å².